The monoisotopic (exact) mass is 329 g/mol. The summed E-state index contributed by atoms with van der Waals surface area (Å²) in [7, 11) is 1.86. The molecule has 1 N–H and O–H groups in total. The summed E-state index contributed by atoms with van der Waals surface area (Å²) in [5.74, 6) is -0.187. The first-order chi connectivity index (χ1) is 8.61. The lowest BCUT2D eigenvalue weighted by Crippen LogP contribution is -2.19. The van der Waals surface area contributed by atoms with Gasteiger partial charge in [0, 0.05) is 10.5 Å². The predicted molar refractivity (Wildman–Crippen MR) is 74.3 cm³/mol. The highest BCUT2D eigenvalue weighted by molar-refractivity contribution is 9.10. The van der Waals surface area contributed by atoms with E-state index in [1.54, 1.807) is 6.07 Å². The van der Waals surface area contributed by atoms with E-state index in [1.165, 1.54) is 17.6 Å². The molecule has 0 aliphatic carbocycles. The molecule has 2 aromatic rings. The van der Waals surface area contributed by atoms with Crippen LogP contribution in [0.15, 0.2) is 22.7 Å². The van der Waals surface area contributed by atoms with Gasteiger partial charge in [-0.3, -0.25) is 0 Å². The molecule has 0 saturated heterocycles. The summed E-state index contributed by atoms with van der Waals surface area (Å²) < 4.78 is 18.5. The molecule has 1 aromatic heterocycles. The topological polar surface area (TPSA) is 37.8 Å². The maximum atomic E-state index is 13.7. The van der Waals surface area contributed by atoms with Crippen LogP contribution in [0.25, 0.3) is 0 Å². The SMILES string of the molecule is CNC(Cc1cc(Br)ccc1F)c1snnc1C. The van der Waals surface area contributed by atoms with E-state index in [0.717, 1.165) is 15.0 Å². The van der Waals surface area contributed by atoms with Gasteiger partial charge in [-0.05, 0) is 55.7 Å². The average molecular weight is 330 g/mol. The van der Waals surface area contributed by atoms with Gasteiger partial charge in [-0.2, -0.15) is 0 Å². The predicted octanol–water partition coefficient (Wildman–Crippen LogP) is 3.25. The van der Waals surface area contributed by atoms with E-state index in [4.69, 9.17) is 0 Å². The van der Waals surface area contributed by atoms with Crippen LogP contribution in [-0.4, -0.2) is 16.6 Å². The van der Waals surface area contributed by atoms with Crippen molar-refractivity contribution in [3.8, 4) is 0 Å². The molecule has 0 aliphatic rings. The van der Waals surface area contributed by atoms with E-state index in [1.807, 2.05) is 20.0 Å². The van der Waals surface area contributed by atoms with Gasteiger partial charge in [0.1, 0.15) is 5.82 Å². The van der Waals surface area contributed by atoms with Gasteiger partial charge in [0.15, 0.2) is 0 Å². The summed E-state index contributed by atoms with van der Waals surface area (Å²) in [6.07, 6.45) is 0.576. The standard InChI is InChI=1S/C12H13BrFN3S/c1-7-12(18-17-16-7)11(15-2)6-8-5-9(13)3-4-10(8)14/h3-5,11,15H,6H2,1-2H3. The van der Waals surface area contributed by atoms with Crippen molar-refractivity contribution in [3.63, 3.8) is 0 Å². The van der Waals surface area contributed by atoms with Crippen LogP contribution in [0.2, 0.25) is 0 Å². The number of aryl methyl sites for hydroxylation is 1. The molecule has 6 heteroatoms. The van der Waals surface area contributed by atoms with Gasteiger partial charge < -0.3 is 5.32 Å². The first-order valence-corrected chi connectivity index (χ1v) is 7.08. The van der Waals surface area contributed by atoms with Gasteiger partial charge in [-0.15, -0.1) is 5.10 Å². The Hall–Kier alpha value is -0.850. The number of nitrogens with one attached hydrogen (secondary N) is 1. The van der Waals surface area contributed by atoms with E-state index in [0.29, 0.717) is 12.0 Å². The lowest BCUT2D eigenvalue weighted by Gasteiger charge is -2.15. The summed E-state index contributed by atoms with van der Waals surface area (Å²) in [4.78, 5) is 1.05. The van der Waals surface area contributed by atoms with Crippen LogP contribution in [0.3, 0.4) is 0 Å². The van der Waals surface area contributed by atoms with Crippen LogP contribution in [-0.2, 0) is 6.42 Å². The summed E-state index contributed by atoms with van der Waals surface area (Å²) in [6.45, 7) is 1.92. The van der Waals surface area contributed by atoms with Crippen LogP contribution < -0.4 is 5.32 Å². The fourth-order valence-corrected chi connectivity index (χ4v) is 2.96. The fraction of sp³-hybridized carbons (Fsp3) is 0.333. The smallest absolute Gasteiger partial charge is 0.126 e. The maximum absolute atomic E-state index is 13.7. The lowest BCUT2D eigenvalue weighted by atomic mass is 10.0. The Morgan fingerprint density at radius 1 is 1.50 bits per heavy atom. The quantitative estimate of drug-likeness (QED) is 0.935. The van der Waals surface area contributed by atoms with Crippen molar-refractivity contribution in [3.05, 3.63) is 44.6 Å². The highest BCUT2D eigenvalue weighted by Gasteiger charge is 2.17. The normalized spacial score (nSPS) is 12.7. The van der Waals surface area contributed by atoms with E-state index < -0.39 is 0 Å². The number of benzene rings is 1. The molecule has 1 atom stereocenters. The third-order valence-corrected chi connectivity index (χ3v) is 4.22. The highest BCUT2D eigenvalue weighted by atomic mass is 79.9. The largest absolute Gasteiger partial charge is 0.312 e. The number of hydrogen-bond acceptors (Lipinski definition) is 4. The van der Waals surface area contributed by atoms with Crippen LogP contribution in [0.4, 0.5) is 4.39 Å². The van der Waals surface area contributed by atoms with Crippen LogP contribution in [0.5, 0.6) is 0 Å². The molecule has 0 bridgehead atoms. The minimum absolute atomic E-state index is 0.0359. The molecule has 2 rings (SSSR count). The average Bonchev–Trinajstić information content (AvgIpc) is 2.77. The molecular formula is C12H13BrFN3S. The molecule has 18 heavy (non-hydrogen) atoms. The van der Waals surface area contributed by atoms with E-state index in [-0.39, 0.29) is 11.9 Å². The molecular weight excluding hydrogens is 317 g/mol. The van der Waals surface area contributed by atoms with E-state index in [9.17, 15) is 4.39 Å². The molecule has 96 valence electrons. The molecule has 0 spiro atoms. The minimum Gasteiger partial charge on any atom is -0.312 e. The van der Waals surface area contributed by atoms with Crippen molar-refractivity contribution in [1.29, 1.82) is 0 Å². The second-order valence-electron chi connectivity index (χ2n) is 4.00. The van der Waals surface area contributed by atoms with Crippen molar-refractivity contribution in [2.75, 3.05) is 7.05 Å². The Morgan fingerprint density at radius 3 is 2.89 bits per heavy atom. The third-order valence-electron chi connectivity index (χ3n) is 2.78. The molecule has 1 aromatic carbocycles. The van der Waals surface area contributed by atoms with Gasteiger partial charge in [-0.25, -0.2) is 4.39 Å². The molecule has 0 fully saturated rings. The van der Waals surface area contributed by atoms with E-state index in [2.05, 4.69) is 30.8 Å². The van der Waals surface area contributed by atoms with Crippen molar-refractivity contribution in [2.24, 2.45) is 0 Å². The van der Waals surface area contributed by atoms with Crippen molar-refractivity contribution < 1.29 is 4.39 Å². The van der Waals surface area contributed by atoms with Crippen molar-refractivity contribution in [2.45, 2.75) is 19.4 Å². The Labute approximate surface area is 118 Å². The van der Waals surface area contributed by atoms with Gasteiger partial charge in [0.05, 0.1) is 10.6 Å². The summed E-state index contributed by atoms with van der Waals surface area (Å²) in [5.41, 5.74) is 1.58. The zero-order valence-corrected chi connectivity index (χ0v) is 12.5. The Balaban J connectivity index is 2.26. The number of nitrogens with zero attached hydrogens (tertiary/aromatic N) is 2. The third kappa shape index (κ3) is 2.93. The number of rotatable bonds is 4. The van der Waals surface area contributed by atoms with Crippen molar-refractivity contribution >= 4 is 27.5 Å². The second-order valence-corrected chi connectivity index (χ2v) is 5.71. The van der Waals surface area contributed by atoms with Crippen LogP contribution >= 0.6 is 27.5 Å². The lowest BCUT2D eigenvalue weighted by molar-refractivity contribution is 0.557. The maximum Gasteiger partial charge on any atom is 0.126 e. The van der Waals surface area contributed by atoms with Gasteiger partial charge in [0.2, 0.25) is 0 Å². The highest BCUT2D eigenvalue weighted by Crippen LogP contribution is 2.25. The molecule has 0 saturated carbocycles. The molecule has 0 radical (unpaired) electrons. The molecule has 1 unspecified atom stereocenters. The van der Waals surface area contributed by atoms with Gasteiger partial charge >= 0.3 is 0 Å². The van der Waals surface area contributed by atoms with Gasteiger partial charge in [-0.1, -0.05) is 20.4 Å². The number of hydrogen-bond donors (Lipinski definition) is 1. The second kappa shape index (κ2) is 5.86. The molecule has 3 nitrogen and oxygen atoms in total. The summed E-state index contributed by atoms with van der Waals surface area (Å²) in [5, 5.41) is 7.18. The Bertz CT molecular complexity index is 544. The zero-order chi connectivity index (χ0) is 13.1. The number of halogens is 2. The van der Waals surface area contributed by atoms with Crippen LogP contribution in [0, 0.1) is 12.7 Å². The number of likely N-dealkylation sites (N-methyl/N-ethyl adjacent to an activating group) is 1. The minimum atomic E-state index is -0.187. The fourth-order valence-electron chi connectivity index (χ4n) is 1.80. The first-order valence-electron chi connectivity index (χ1n) is 5.52. The first kappa shape index (κ1) is 13.6. The van der Waals surface area contributed by atoms with Crippen LogP contribution in [0.1, 0.15) is 22.2 Å². The molecule has 0 amide bonds. The van der Waals surface area contributed by atoms with Gasteiger partial charge in [0.25, 0.3) is 0 Å². The Kier molecular flexibility index (Phi) is 4.42. The molecule has 0 aliphatic heterocycles. The Morgan fingerprint density at radius 2 is 2.28 bits per heavy atom. The van der Waals surface area contributed by atoms with Crippen molar-refractivity contribution in [1.82, 2.24) is 14.9 Å². The van der Waals surface area contributed by atoms with E-state index >= 15 is 0 Å². The summed E-state index contributed by atoms with van der Waals surface area (Å²) >= 11 is 4.72. The zero-order valence-electron chi connectivity index (χ0n) is 10.1. The number of aromatic nitrogens is 2. The molecule has 1 heterocycles. The summed E-state index contributed by atoms with van der Waals surface area (Å²) in [6, 6.07) is 5.02.